The molecule has 3 nitrogen and oxygen atoms in total. The summed E-state index contributed by atoms with van der Waals surface area (Å²) in [7, 11) is 0. The predicted octanol–water partition coefficient (Wildman–Crippen LogP) is 2.93. The van der Waals surface area contributed by atoms with Crippen LogP contribution < -0.4 is 11.3 Å². The van der Waals surface area contributed by atoms with Crippen LogP contribution in [0.5, 0.6) is 0 Å². The third-order valence-electron chi connectivity index (χ3n) is 3.89. The molecule has 3 N–H and O–H groups in total. The van der Waals surface area contributed by atoms with E-state index in [0.29, 0.717) is 18.6 Å². The zero-order chi connectivity index (χ0) is 15.2. The topological polar surface area (TPSA) is 47.3 Å². The second-order valence-electron chi connectivity index (χ2n) is 4.88. The molecule has 0 spiro atoms. The summed E-state index contributed by atoms with van der Waals surface area (Å²) in [6.45, 7) is 6.59. The highest BCUT2D eigenvalue weighted by atomic mass is 19.2. The maximum Gasteiger partial charge on any atom is 0.159 e. The fourth-order valence-corrected chi connectivity index (χ4v) is 2.63. The Kier molecular flexibility index (Phi) is 6.52. The van der Waals surface area contributed by atoms with Gasteiger partial charge in [0.15, 0.2) is 11.6 Å². The van der Waals surface area contributed by atoms with Gasteiger partial charge in [0, 0.05) is 6.61 Å². The number of rotatable bonds is 8. The fourth-order valence-electron chi connectivity index (χ4n) is 2.63. The van der Waals surface area contributed by atoms with Crippen molar-refractivity contribution < 1.29 is 13.5 Å². The monoisotopic (exact) mass is 286 g/mol. The van der Waals surface area contributed by atoms with E-state index in [4.69, 9.17) is 10.6 Å². The van der Waals surface area contributed by atoms with E-state index in [1.165, 1.54) is 6.07 Å². The zero-order valence-corrected chi connectivity index (χ0v) is 12.4. The van der Waals surface area contributed by atoms with E-state index in [9.17, 15) is 8.78 Å². The molecule has 0 heterocycles. The molecule has 1 aromatic rings. The van der Waals surface area contributed by atoms with E-state index >= 15 is 0 Å². The molecule has 20 heavy (non-hydrogen) atoms. The molecular weight excluding hydrogens is 262 g/mol. The Hall–Kier alpha value is -1.04. The van der Waals surface area contributed by atoms with Crippen molar-refractivity contribution in [2.75, 3.05) is 6.61 Å². The van der Waals surface area contributed by atoms with Crippen LogP contribution in [0.25, 0.3) is 0 Å². The van der Waals surface area contributed by atoms with Crippen LogP contribution in [0.3, 0.4) is 0 Å². The Morgan fingerprint density at radius 3 is 2.30 bits per heavy atom. The van der Waals surface area contributed by atoms with Gasteiger partial charge in [0.05, 0.1) is 11.6 Å². The number of hydrogen-bond donors (Lipinski definition) is 2. The second-order valence-corrected chi connectivity index (χ2v) is 4.88. The van der Waals surface area contributed by atoms with Crippen molar-refractivity contribution in [3.8, 4) is 0 Å². The molecule has 1 rings (SSSR count). The Bertz CT molecular complexity index is 422. The normalized spacial score (nSPS) is 13.5. The lowest BCUT2D eigenvalue weighted by molar-refractivity contribution is -0.0719. The summed E-state index contributed by atoms with van der Waals surface area (Å²) in [5, 5.41) is 0. The van der Waals surface area contributed by atoms with E-state index in [1.54, 1.807) is 6.07 Å². The third kappa shape index (κ3) is 3.75. The molecular formula is C15H24F2N2O. The molecule has 0 saturated heterocycles. The van der Waals surface area contributed by atoms with Gasteiger partial charge in [-0.05, 0) is 43.9 Å². The Morgan fingerprint density at radius 2 is 1.85 bits per heavy atom. The maximum atomic E-state index is 13.3. The summed E-state index contributed by atoms with van der Waals surface area (Å²) >= 11 is 0. The molecule has 1 unspecified atom stereocenters. The lowest BCUT2D eigenvalue weighted by Gasteiger charge is -2.39. The minimum absolute atomic E-state index is 0.165. The lowest BCUT2D eigenvalue weighted by Crippen LogP contribution is -2.55. The van der Waals surface area contributed by atoms with Crippen molar-refractivity contribution in [1.29, 1.82) is 0 Å². The average molecular weight is 286 g/mol. The van der Waals surface area contributed by atoms with Gasteiger partial charge in [-0.3, -0.25) is 11.3 Å². The van der Waals surface area contributed by atoms with Gasteiger partial charge in [-0.15, -0.1) is 0 Å². The fraction of sp³-hybridized carbons (Fsp3) is 0.600. The van der Waals surface area contributed by atoms with Crippen molar-refractivity contribution in [3.05, 3.63) is 35.4 Å². The number of halogens is 2. The van der Waals surface area contributed by atoms with Crippen molar-refractivity contribution >= 4 is 0 Å². The Morgan fingerprint density at radius 1 is 1.20 bits per heavy atom. The van der Waals surface area contributed by atoms with Gasteiger partial charge in [-0.2, -0.15) is 0 Å². The molecule has 0 fully saturated rings. The second kappa shape index (κ2) is 7.67. The van der Waals surface area contributed by atoms with E-state index in [2.05, 4.69) is 5.43 Å². The van der Waals surface area contributed by atoms with Gasteiger partial charge in [0.2, 0.25) is 0 Å². The van der Waals surface area contributed by atoms with Crippen LogP contribution in [0.4, 0.5) is 8.78 Å². The highest BCUT2D eigenvalue weighted by Crippen LogP contribution is 2.27. The smallest absolute Gasteiger partial charge is 0.159 e. The van der Waals surface area contributed by atoms with Gasteiger partial charge < -0.3 is 4.74 Å². The van der Waals surface area contributed by atoms with Crippen molar-refractivity contribution in [1.82, 2.24) is 5.43 Å². The van der Waals surface area contributed by atoms with E-state index < -0.39 is 17.2 Å². The van der Waals surface area contributed by atoms with Crippen molar-refractivity contribution in [3.63, 3.8) is 0 Å². The molecule has 0 amide bonds. The average Bonchev–Trinajstić information content (AvgIpc) is 2.46. The summed E-state index contributed by atoms with van der Waals surface area (Å²) in [6, 6.07) is 3.76. The van der Waals surface area contributed by atoms with Crippen LogP contribution in [0.1, 0.15) is 39.2 Å². The highest BCUT2D eigenvalue weighted by molar-refractivity contribution is 5.19. The van der Waals surface area contributed by atoms with Crippen molar-refractivity contribution in [2.45, 2.75) is 51.7 Å². The van der Waals surface area contributed by atoms with Gasteiger partial charge >= 0.3 is 0 Å². The van der Waals surface area contributed by atoms with Crippen LogP contribution in [0.15, 0.2) is 18.2 Å². The van der Waals surface area contributed by atoms with Gasteiger partial charge in [0.1, 0.15) is 0 Å². The number of nitrogens with two attached hydrogens (primary N) is 1. The maximum absolute atomic E-state index is 13.3. The van der Waals surface area contributed by atoms with Gasteiger partial charge in [-0.25, -0.2) is 8.78 Å². The summed E-state index contributed by atoms with van der Waals surface area (Å²) in [5.41, 5.74) is 3.06. The molecule has 1 aromatic carbocycles. The Labute approximate surface area is 119 Å². The molecule has 5 heteroatoms. The predicted molar refractivity (Wildman–Crippen MR) is 76.1 cm³/mol. The number of benzene rings is 1. The number of ether oxygens (including phenoxy) is 1. The third-order valence-corrected chi connectivity index (χ3v) is 3.89. The van der Waals surface area contributed by atoms with Gasteiger partial charge in [-0.1, -0.05) is 19.9 Å². The van der Waals surface area contributed by atoms with Crippen molar-refractivity contribution in [2.24, 2.45) is 5.84 Å². The van der Waals surface area contributed by atoms with Crippen LogP contribution >= 0.6 is 0 Å². The minimum Gasteiger partial charge on any atom is -0.374 e. The molecule has 0 saturated carbocycles. The quantitative estimate of drug-likeness (QED) is 0.570. The molecule has 0 aliphatic heterocycles. The van der Waals surface area contributed by atoms with Gasteiger partial charge in [0.25, 0.3) is 0 Å². The first-order valence-corrected chi connectivity index (χ1v) is 7.07. The largest absolute Gasteiger partial charge is 0.374 e. The zero-order valence-electron chi connectivity index (χ0n) is 12.4. The first kappa shape index (κ1) is 17.0. The molecule has 0 radical (unpaired) electrons. The first-order valence-electron chi connectivity index (χ1n) is 7.07. The molecule has 0 bridgehead atoms. The van der Waals surface area contributed by atoms with Crippen LogP contribution in [0, 0.1) is 11.6 Å². The van der Waals surface area contributed by atoms with Crippen LogP contribution in [-0.4, -0.2) is 18.2 Å². The molecule has 0 aliphatic carbocycles. The van der Waals surface area contributed by atoms with Crippen LogP contribution in [0.2, 0.25) is 0 Å². The summed E-state index contributed by atoms with van der Waals surface area (Å²) in [5.74, 6) is 3.98. The molecule has 1 atom stereocenters. The summed E-state index contributed by atoms with van der Waals surface area (Å²) in [6.07, 6.45) is 2.06. The highest BCUT2D eigenvalue weighted by Gasteiger charge is 2.36. The van der Waals surface area contributed by atoms with E-state index in [-0.39, 0.29) is 6.04 Å². The molecule has 0 aromatic heterocycles. The minimum atomic E-state index is -0.840. The standard InChI is InChI=1S/C15H24F2N2O/c1-4-15(5-2,20-6-3)14(19-18)10-11-7-8-12(16)13(17)9-11/h7-9,14,19H,4-6,10,18H2,1-3H3. The molecule has 0 aliphatic rings. The number of nitrogens with one attached hydrogen (secondary N) is 1. The van der Waals surface area contributed by atoms with E-state index in [0.717, 1.165) is 18.9 Å². The van der Waals surface area contributed by atoms with E-state index in [1.807, 2.05) is 20.8 Å². The lowest BCUT2D eigenvalue weighted by atomic mass is 9.84. The summed E-state index contributed by atoms with van der Waals surface area (Å²) in [4.78, 5) is 0. The molecule has 114 valence electrons. The first-order chi connectivity index (χ1) is 9.52. The number of hydrazine groups is 1. The van der Waals surface area contributed by atoms with Crippen LogP contribution in [-0.2, 0) is 11.2 Å². The number of hydrogen-bond acceptors (Lipinski definition) is 3. The summed E-state index contributed by atoms with van der Waals surface area (Å²) < 4.78 is 32.1. The Balaban J connectivity index is 2.96. The SMILES string of the molecule is CCOC(CC)(CC)C(Cc1ccc(F)c(F)c1)NN.